The molecule has 1 saturated carbocycles. The maximum atomic E-state index is 12.3. The predicted octanol–water partition coefficient (Wildman–Crippen LogP) is 3.23. The number of nitrogens with zero attached hydrogens (tertiary/aromatic N) is 1. The molecule has 1 aliphatic carbocycles. The standard InChI is InChI=1S/C20H28N2O4/c23-19(24)18-8-4-3-7-17(18)15-9-12-22(13-10-15)20(25)21-11-14-26-16-5-1-2-6-16/h3-4,7-8,15-16H,1-2,5-6,9-14H2,(H,21,25)(H,23,24). The second-order valence-corrected chi connectivity index (χ2v) is 7.16. The summed E-state index contributed by atoms with van der Waals surface area (Å²) in [5, 5.41) is 12.3. The van der Waals surface area contributed by atoms with Crippen LogP contribution < -0.4 is 5.32 Å². The minimum atomic E-state index is -0.886. The number of carbonyl (C=O) groups excluding carboxylic acids is 1. The zero-order chi connectivity index (χ0) is 18.4. The minimum Gasteiger partial charge on any atom is -0.478 e. The second-order valence-electron chi connectivity index (χ2n) is 7.16. The molecule has 142 valence electrons. The average Bonchev–Trinajstić information content (AvgIpc) is 3.18. The quantitative estimate of drug-likeness (QED) is 0.764. The van der Waals surface area contributed by atoms with E-state index < -0.39 is 5.97 Å². The molecule has 1 saturated heterocycles. The number of nitrogens with one attached hydrogen (secondary N) is 1. The molecule has 1 heterocycles. The first-order chi connectivity index (χ1) is 12.6. The molecular formula is C20H28N2O4. The summed E-state index contributed by atoms with van der Waals surface area (Å²) in [5.41, 5.74) is 1.25. The number of aromatic carboxylic acids is 1. The van der Waals surface area contributed by atoms with Crippen LogP contribution in [0, 0.1) is 0 Å². The average molecular weight is 360 g/mol. The van der Waals surface area contributed by atoms with Crippen molar-refractivity contribution in [3.8, 4) is 0 Å². The lowest BCUT2D eigenvalue weighted by Gasteiger charge is -2.32. The monoisotopic (exact) mass is 360 g/mol. The molecule has 1 aromatic carbocycles. The van der Waals surface area contributed by atoms with E-state index in [9.17, 15) is 14.7 Å². The first kappa shape index (κ1) is 18.7. The summed E-state index contributed by atoms with van der Waals surface area (Å²) in [6, 6.07) is 7.13. The minimum absolute atomic E-state index is 0.0509. The number of piperidine rings is 1. The van der Waals surface area contributed by atoms with Crippen LogP contribution in [0.3, 0.4) is 0 Å². The summed E-state index contributed by atoms with van der Waals surface area (Å²) in [7, 11) is 0. The van der Waals surface area contributed by atoms with Gasteiger partial charge in [-0.2, -0.15) is 0 Å². The van der Waals surface area contributed by atoms with Crippen LogP contribution in [0.1, 0.15) is 60.4 Å². The van der Waals surface area contributed by atoms with Gasteiger partial charge in [-0.1, -0.05) is 31.0 Å². The summed E-state index contributed by atoms with van der Waals surface area (Å²) in [4.78, 5) is 25.5. The first-order valence-corrected chi connectivity index (χ1v) is 9.61. The molecule has 1 aromatic rings. The van der Waals surface area contributed by atoms with E-state index in [4.69, 9.17) is 4.74 Å². The zero-order valence-electron chi connectivity index (χ0n) is 15.2. The largest absolute Gasteiger partial charge is 0.478 e. The van der Waals surface area contributed by atoms with Gasteiger partial charge < -0.3 is 20.1 Å². The molecule has 0 unspecified atom stereocenters. The molecule has 6 heteroatoms. The number of carboxylic acids is 1. The Bertz CT molecular complexity index is 620. The lowest BCUT2D eigenvalue weighted by Crippen LogP contribution is -2.45. The molecule has 0 aromatic heterocycles. The molecule has 3 rings (SSSR count). The Morgan fingerprint density at radius 2 is 1.81 bits per heavy atom. The highest BCUT2D eigenvalue weighted by Crippen LogP contribution is 2.30. The Balaban J connectivity index is 1.41. The van der Waals surface area contributed by atoms with Crippen molar-refractivity contribution < 1.29 is 19.4 Å². The lowest BCUT2D eigenvalue weighted by atomic mass is 9.86. The van der Waals surface area contributed by atoms with Crippen LogP contribution in [-0.4, -0.2) is 54.4 Å². The molecule has 0 radical (unpaired) electrons. The van der Waals surface area contributed by atoms with Gasteiger partial charge in [0.05, 0.1) is 18.3 Å². The molecule has 26 heavy (non-hydrogen) atoms. The normalized spacial score (nSPS) is 18.8. The van der Waals surface area contributed by atoms with Crippen LogP contribution in [0.15, 0.2) is 24.3 Å². The first-order valence-electron chi connectivity index (χ1n) is 9.61. The number of rotatable bonds is 6. The van der Waals surface area contributed by atoms with Crippen LogP contribution in [0.25, 0.3) is 0 Å². The van der Waals surface area contributed by atoms with Gasteiger partial charge >= 0.3 is 12.0 Å². The fourth-order valence-electron chi connectivity index (χ4n) is 3.99. The van der Waals surface area contributed by atoms with Crippen molar-refractivity contribution in [3.05, 3.63) is 35.4 Å². The van der Waals surface area contributed by atoms with Gasteiger partial charge in [0, 0.05) is 19.6 Å². The molecule has 0 atom stereocenters. The number of carboxylic acid groups (broad SMARTS) is 1. The Labute approximate surface area is 154 Å². The van der Waals surface area contributed by atoms with Gasteiger partial charge in [0.25, 0.3) is 0 Å². The highest BCUT2D eigenvalue weighted by atomic mass is 16.5. The van der Waals surface area contributed by atoms with E-state index in [0.29, 0.717) is 37.9 Å². The van der Waals surface area contributed by atoms with Gasteiger partial charge in [-0.15, -0.1) is 0 Å². The van der Waals surface area contributed by atoms with Crippen LogP contribution in [0.4, 0.5) is 4.79 Å². The van der Waals surface area contributed by atoms with Crippen LogP contribution >= 0.6 is 0 Å². The summed E-state index contributed by atoms with van der Waals surface area (Å²) in [6.45, 7) is 2.40. The molecule has 1 aliphatic heterocycles. The molecule has 2 amide bonds. The van der Waals surface area contributed by atoms with E-state index in [1.165, 1.54) is 12.8 Å². The zero-order valence-corrected chi connectivity index (χ0v) is 15.2. The van der Waals surface area contributed by atoms with Gasteiger partial charge in [-0.3, -0.25) is 0 Å². The number of likely N-dealkylation sites (tertiary alicyclic amines) is 1. The van der Waals surface area contributed by atoms with Gasteiger partial charge in [-0.25, -0.2) is 9.59 Å². The Morgan fingerprint density at radius 1 is 1.12 bits per heavy atom. The molecule has 2 N–H and O–H groups in total. The lowest BCUT2D eigenvalue weighted by molar-refractivity contribution is 0.0604. The van der Waals surface area contributed by atoms with Crippen molar-refractivity contribution in [1.29, 1.82) is 0 Å². The van der Waals surface area contributed by atoms with Gasteiger partial charge in [-0.05, 0) is 43.2 Å². The highest BCUT2D eigenvalue weighted by molar-refractivity contribution is 5.89. The topological polar surface area (TPSA) is 78.9 Å². The van der Waals surface area contributed by atoms with E-state index >= 15 is 0 Å². The molecule has 2 fully saturated rings. The number of hydrogen-bond donors (Lipinski definition) is 2. The fraction of sp³-hybridized carbons (Fsp3) is 0.600. The van der Waals surface area contributed by atoms with E-state index in [1.807, 2.05) is 17.0 Å². The van der Waals surface area contributed by atoms with Gasteiger partial charge in [0.1, 0.15) is 0 Å². The maximum absolute atomic E-state index is 12.3. The Hall–Kier alpha value is -2.08. The third-order valence-corrected chi connectivity index (χ3v) is 5.45. The Morgan fingerprint density at radius 3 is 2.50 bits per heavy atom. The smallest absolute Gasteiger partial charge is 0.335 e. The number of urea groups is 1. The van der Waals surface area contributed by atoms with E-state index in [-0.39, 0.29) is 11.9 Å². The fourth-order valence-corrected chi connectivity index (χ4v) is 3.99. The van der Waals surface area contributed by atoms with Gasteiger partial charge in [0.2, 0.25) is 0 Å². The number of carbonyl (C=O) groups is 2. The molecule has 0 bridgehead atoms. The molecule has 2 aliphatic rings. The van der Waals surface area contributed by atoms with Crippen molar-refractivity contribution in [1.82, 2.24) is 10.2 Å². The number of amides is 2. The van der Waals surface area contributed by atoms with Crippen molar-refractivity contribution >= 4 is 12.0 Å². The third-order valence-electron chi connectivity index (χ3n) is 5.45. The summed E-state index contributed by atoms with van der Waals surface area (Å²) >= 11 is 0. The van der Waals surface area contributed by atoms with Crippen molar-refractivity contribution in [2.24, 2.45) is 0 Å². The summed E-state index contributed by atoms with van der Waals surface area (Å²) in [6.07, 6.45) is 6.72. The second kappa shape index (κ2) is 9.03. The van der Waals surface area contributed by atoms with E-state index in [2.05, 4.69) is 5.32 Å². The number of benzene rings is 1. The SMILES string of the molecule is O=C(O)c1ccccc1C1CCN(C(=O)NCCOC2CCCC2)CC1. The molecule has 0 spiro atoms. The van der Waals surface area contributed by atoms with Crippen LogP contribution in [-0.2, 0) is 4.74 Å². The Kier molecular flexibility index (Phi) is 6.50. The van der Waals surface area contributed by atoms with E-state index in [1.54, 1.807) is 12.1 Å². The maximum Gasteiger partial charge on any atom is 0.335 e. The summed E-state index contributed by atoms with van der Waals surface area (Å²) in [5.74, 6) is -0.694. The van der Waals surface area contributed by atoms with Crippen molar-refractivity contribution in [2.45, 2.75) is 50.5 Å². The number of ether oxygens (including phenoxy) is 1. The number of hydrogen-bond acceptors (Lipinski definition) is 3. The van der Waals surface area contributed by atoms with Crippen molar-refractivity contribution in [2.75, 3.05) is 26.2 Å². The molecule has 6 nitrogen and oxygen atoms in total. The summed E-state index contributed by atoms with van der Waals surface area (Å²) < 4.78 is 5.76. The van der Waals surface area contributed by atoms with Gasteiger partial charge in [0.15, 0.2) is 0 Å². The third kappa shape index (κ3) is 4.75. The predicted molar refractivity (Wildman–Crippen MR) is 98.6 cm³/mol. The van der Waals surface area contributed by atoms with E-state index in [0.717, 1.165) is 31.2 Å². The van der Waals surface area contributed by atoms with Crippen LogP contribution in [0.5, 0.6) is 0 Å². The highest BCUT2D eigenvalue weighted by Gasteiger charge is 2.26. The van der Waals surface area contributed by atoms with Crippen molar-refractivity contribution in [3.63, 3.8) is 0 Å². The molecular weight excluding hydrogens is 332 g/mol. The van der Waals surface area contributed by atoms with Crippen LogP contribution in [0.2, 0.25) is 0 Å².